The molecule has 25 heavy (non-hydrogen) atoms. The quantitative estimate of drug-likeness (QED) is 0.623. The van der Waals surface area contributed by atoms with E-state index in [-0.39, 0.29) is 6.10 Å². The predicted octanol–water partition coefficient (Wildman–Crippen LogP) is 6.44. The first-order valence-corrected chi connectivity index (χ1v) is 11.5. The van der Waals surface area contributed by atoms with Crippen molar-refractivity contribution in [2.75, 3.05) is 0 Å². The summed E-state index contributed by atoms with van der Waals surface area (Å²) in [6, 6.07) is 0. The second-order valence-corrected chi connectivity index (χ2v) is 11.2. The molecule has 0 aliphatic heterocycles. The molecule has 1 heteroatoms. The van der Waals surface area contributed by atoms with Crippen molar-refractivity contribution in [2.24, 2.45) is 46.3 Å². The van der Waals surface area contributed by atoms with E-state index in [0.717, 1.165) is 41.9 Å². The van der Waals surface area contributed by atoms with E-state index in [0.29, 0.717) is 10.8 Å². The summed E-state index contributed by atoms with van der Waals surface area (Å²) in [4.78, 5) is 0. The predicted molar refractivity (Wildman–Crippen MR) is 105 cm³/mol. The van der Waals surface area contributed by atoms with E-state index in [1.807, 2.05) is 6.92 Å². The van der Waals surface area contributed by atoms with Crippen LogP contribution in [0.15, 0.2) is 0 Å². The van der Waals surface area contributed by atoms with Gasteiger partial charge < -0.3 is 5.11 Å². The van der Waals surface area contributed by atoms with Gasteiger partial charge in [-0.15, -0.1) is 0 Å². The Bertz CT molecular complexity index is 484. The van der Waals surface area contributed by atoms with Crippen LogP contribution < -0.4 is 0 Å². The first-order valence-electron chi connectivity index (χ1n) is 11.5. The lowest BCUT2D eigenvalue weighted by atomic mass is 9.40. The maximum atomic E-state index is 9.93. The molecule has 1 nitrogen and oxygen atoms in total. The molecule has 4 fully saturated rings. The Morgan fingerprint density at radius 2 is 1.76 bits per heavy atom. The zero-order valence-corrected chi connectivity index (χ0v) is 17.3. The summed E-state index contributed by atoms with van der Waals surface area (Å²) in [6.45, 7) is 9.80. The molecule has 4 saturated carbocycles. The van der Waals surface area contributed by atoms with E-state index in [4.69, 9.17) is 0 Å². The number of aliphatic hydroxyl groups is 1. The number of hydrogen-bond acceptors (Lipinski definition) is 1. The van der Waals surface area contributed by atoms with Crippen molar-refractivity contribution in [3.05, 3.63) is 0 Å². The molecule has 0 radical (unpaired) electrons. The van der Waals surface area contributed by atoms with E-state index in [1.54, 1.807) is 6.42 Å². The van der Waals surface area contributed by atoms with E-state index in [9.17, 15) is 5.11 Å². The third-order valence-electron chi connectivity index (χ3n) is 10.2. The van der Waals surface area contributed by atoms with Gasteiger partial charge in [-0.3, -0.25) is 0 Å². The molecule has 4 rings (SSSR count). The molecule has 9 atom stereocenters. The van der Waals surface area contributed by atoms with Gasteiger partial charge in [-0.1, -0.05) is 33.6 Å². The largest absolute Gasteiger partial charge is 0.393 e. The van der Waals surface area contributed by atoms with Crippen molar-refractivity contribution < 1.29 is 5.11 Å². The topological polar surface area (TPSA) is 20.2 Å². The minimum atomic E-state index is -0.137. The average Bonchev–Trinajstić information content (AvgIpc) is 3.06. The summed E-state index contributed by atoms with van der Waals surface area (Å²) >= 11 is 0. The van der Waals surface area contributed by atoms with Gasteiger partial charge in [-0.25, -0.2) is 0 Å². The maximum absolute atomic E-state index is 9.93. The van der Waals surface area contributed by atoms with Gasteiger partial charge >= 0.3 is 0 Å². The fraction of sp³-hybridized carbons (Fsp3) is 1.00. The van der Waals surface area contributed by atoms with Gasteiger partial charge in [0, 0.05) is 0 Å². The summed E-state index contributed by atoms with van der Waals surface area (Å²) in [7, 11) is 0. The molecule has 7 unspecified atom stereocenters. The molecular formula is C24H42O. The average molecular weight is 347 g/mol. The van der Waals surface area contributed by atoms with Gasteiger partial charge in [-0.2, -0.15) is 0 Å². The number of rotatable bonds is 3. The van der Waals surface area contributed by atoms with Crippen molar-refractivity contribution in [1.82, 2.24) is 0 Å². The standard InChI is InChI=1S/C24H42O/c1-16-12-14-24(4)21-10-8-18-6-5-7-19(18)20(21)9-11-22(24)23(16,3)15-13-17(2)25/h16-22,25H,5-15H2,1-4H3/t16?,17?,18?,19?,20?,21?,22?,23-,24-/m0/s1. The van der Waals surface area contributed by atoms with Crippen LogP contribution in [-0.4, -0.2) is 11.2 Å². The minimum Gasteiger partial charge on any atom is -0.393 e. The normalized spacial score (nSPS) is 53.6. The maximum Gasteiger partial charge on any atom is 0.0512 e. The number of aliphatic hydroxyl groups excluding tert-OH is 1. The Morgan fingerprint density at radius 1 is 0.960 bits per heavy atom. The zero-order valence-electron chi connectivity index (χ0n) is 17.3. The highest BCUT2D eigenvalue weighted by Gasteiger charge is 2.60. The van der Waals surface area contributed by atoms with Crippen LogP contribution in [0.3, 0.4) is 0 Å². The second-order valence-electron chi connectivity index (χ2n) is 11.2. The van der Waals surface area contributed by atoms with Gasteiger partial charge in [0.25, 0.3) is 0 Å². The Morgan fingerprint density at radius 3 is 2.52 bits per heavy atom. The van der Waals surface area contributed by atoms with Gasteiger partial charge in [-0.05, 0) is 111 Å². The molecule has 0 saturated heterocycles. The SMILES string of the molecule is CC(O)CC[C@@]1(C)C(C)CC[C@@]2(C)C3CCC4CCCC4C3CCC12. The molecular weight excluding hydrogens is 304 g/mol. The lowest BCUT2D eigenvalue weighted by molar-refractivity contribution is -0.155. The second kappa shape index (κ2) is 6.54. The van der Waals surface area contributed by atoms with Crippen molar-refractivity contribution in [3.63, 3.8) is 0 Å². The summed E-state index contributed by atoms with van der Waals surface area (Å²) in [5.41, 5.74) is 1.03. The molecule has 0 aromatic heterocycles. The molecule has 0 bridgehead atoms. The van der Waals surface area contributed by atoms with Gasteiger partial charge in [0.05, 0.1) is 6.10 Å². The summed E-state index contributed by atoms with van der Waals surface area (Å²) in [5.74, 6) is 5.94. The lowest BCUT2D eigenvalue weighted by Crippen LogP contribution is -2.57. The van der Waals surface area contributed by atoms with Crippen LogP contribution in [0.1, 0.15) is 98.3 Å². The molecule has 0 aromatic rings. The molecule has 0 aromatic carbocycles. The summed E-state index contributed by atoms with van der Waals surface area (Å²) < 4.78 is 0. The molecule has 1 N–H and O–H groups in total. The van der Waals surface area contributed by atoms with E-state index in [1.165, 1.54) is 57.8 Å². The van der Waals surface area contributed by atoms with Crippen molar-refractivity contribution >= 4 is 0 Å². The van der Waals surface area contributed by atoms with Crippen molar-refractivity contribution in [1.29, 1.82) is 0 Å². The number of fused-ring (bicyclic) bond motifs is 5. The van der Waals surface area contributed by atoms with Crippen LogP contribution in [0.25, 0.3) is 0 Å². The Labute approximate surface area is 156 Å². The monoisotopic (exact) mass is 346 g/mol. The Balaban J connectivity index is 1.60. The first kappa shape index (κ1) is 18.3. The highest BCUT2D eigenvalue weighted by molar-refractivity contribution is 5.09. The molecule has 4 aliphatic rings. The van der Waals surface area contributed by atoms with Crippen LogP contribution in [-0.2, 0) is 0 Å². The molecule has 0 spiro atoms. The highest BCUT2D eigenvalue weighted by atomic mass is 16.3. The summed E-state index contributed by atoms with van der Waals surface area (Å²) in [5, 5.41) is 9.93. The smallest absolute Gasteiger partial charge is 0.0512 e. The zero-order chi connectivity index (χ0) is 17.8. The first-order chi connectivity index (χ1) is 11.9. The number of hydrogen-bond donors (Lipinski definition) is 1. The third-order valence-corrected chi connectivity index (χ3v) is 10.2. The minimum absolute atomic E-state index is 0.137. The molecule has 4 aliphatic carbocycles. The van der Waals surface area contributed by atoms with E-state index in [2.05, 4.69) is 20.8 Å². The fourth-order valence-electron chi connectivity index (χ4n) is 8.66. The van der Waals surface area contributed by atoms with Crippen LogP contribution in [0.2, 0.25) is 0 Å². The highest BCUT2D eigenvalue weighted by Crippen LogP contribution is 2.68. The van der Waals surface area contributed by atoms with E-state index < -0.39 is 0 Å². The van der Waals surface area contributed by atoms with Crippen LogP contribution in [0.4, 0.5) is 0 Å². The Hall–Kier alpha value is -0.0400. The molecule has 0 amide bonds. The van der Waals surface area contributed by atoms with Crippen molar-refractivity contribution in [3.8, 4) is 0 Å². The fourth-order valence-corrected chi connectivity index (χ4v) is 8.66. The van der Waals surface area contributed by atoms with Crippen LogP contribution in [0.5, 0.6) is 0 Å². The van der Waals surface area contributed by atoms with Crippen LogP contribution in [0, 0.1) is 46.3 Å². The van der Waals surface area contributed by atoms with Gasteiger partial charge in [0.2, 0.25) is 0 Å². The third kappa shape index (κ3) is 2.82. The van der Waals surface area contributed by atoms with Crippen molar-refractivity contribution in [2.45, 2.75) is 104 Å². The Kier molecular flexibility index (Phi) is 4.79. The summed E-state index contributed by atoms with van der Waals surface area (Å²) in [6.07, 6.45) is 15.6. The molecule has 144 valence electrons. The van der Waals surface area contributed by atoms with Gasteiger partial charge in [0.1, 0.15) is 0 Å². The van der Waals surface area contributed by atoms with Gasteiger partial charge in [0.15, 0.2) is 0 Å². The lowest BCUT2D eigenvalue weighted by Gasteiger charge is -2.64. The molecule has 0 heterocycles. The van der Waals surface area contributed by atoms with Crippen LogP contribution >= 0.6 is 0 Å². The van der Waals surface area contributed by atoms with E-state index >= 15 is 0 Å².